The van der Waals surface area contributed by atoms with Gasteiger partial charge in [-0.05, 0) is 100 Å². The number of fused-ring (bicyclic) bond motifs is 7. The maximum Gasteiger partial charge on any atom is 0.416 e. The first kappa shape index (κ1) is 33.6. The molecule has 0 fully saturated rings. The van der Waals surface area contributed by atoms with E-state index >= 15 is 0 Å². The molecule has 0 atom stereocenters. The molecule has 0 bridgehead atoms. The molecule has 0 nitrogen and oxygen atoms in total. The van der Waals surface area contributed by atoms with Crippen LogP contribution in [0, 0.1) is 0 Å². The minimum atomic E-state index is -4.40. The number of benzene rings is 10. The molecule has 0 amide bonds. The van der Waals surface area contributed by atoms with Gasteiger partial charge in [0.2, 0.25) is 0 Å². The second kappa shape index (κ2) is 12.9. The highest BCUT2D eigenvalue weighted by Crippen LogP contribution is 2.51. The van der Waals surface area contributed by atoms with Gasteiger partial charge in [-0.25, -0.2) is 0 Å². The molecule has 10 aromatic carbocycles. The summed E-state index contributed by atoms with van der Waals surface area (Å²) in [7, 11) is 0. The summed E-state index contributed by atoms with van der Waals surface area (Å²) >= 11 is 1.82. The molecule has 0 unspecified atom stereocenters. The third-order valence-electron chi connectivity index (χ3n) is 11.5. The predicted octanol–water partition coefficient (Wildman–Crippen LogP) is 16.4. The minimum Gasteiger partial charge on any atom is -0.166 e. The van der Waals surface area contributed by atoms with E-state index in [1.54, 1.807) is 12.1 Å². The molecule has 0 aliphatic heterocycles. The van der Waals surface area contributed by atoms with Gasteiger partial charge in [-0.2, -0.15) is 13.2 Å². The van der Waals surface area contributed by atoms with Crippen LogP contribution in [0.4, 0.5) is 13.2 Å². The van der Waals surface area contributed by atoms with Gasteiger partial charge in [0.25, 0.3) is 0 Å². The highest BCUT2D eigenvalue weighted by atomic mass is 32.1. The van der Waals surface area contributed by atoms with E-state index in [9.17, 15) is 13.2 Å². The van der Waals surface area contributed by atoms with Crippen LogP contribution in [0.5, 0.6) is 0 Å². The summed E-state index contributed by atoms with van der Waals surface area (Å²) in [5.41, 5.74) is 8.17. The van der Waals surface area contributed by atoms with Crippen LogP contribution < -0.4 is 0 Å². The number of hydrogen-bond acceptors (Lipinski definition) is 1. The molecular formula is C53H31F3S. The lowest BCUT2D eigenvalue weighted by molar-refractivity contribution is -0.137. The predicted molar refractivity (Wildman–Crippen MR) is 236 cm³/mol. The zero-order chi connectivity index (χ0) is 38.3. The van der Waals surface area contributed by atoms with Crippen LogP contribution in [0.25, 0.3) is 108 Å². The third kappa shape index (κ3) is 5.21. The average Bonchev–Trinajstić information content (AvgIpc) is 3.64. The highest BCUT2D eigenvalue weighted by Gasteiger charge is 2.30. The van der Waals surface area contributed by atoms with Gasteiger partial charge in [0.15, 0.2) is 0 Å². The quantitative estimate of drug-likeness (QED) is 0.157. The molecule has 11 aromatic rings. The molecule has 57 heavy (non-hydrogen) atoms. The zero-order valence-corrected chi connectivity index (χ0v) is 31.3. The van der Waals surface area contributed by atoms with Crippen molar-refractivity contribution in [2.75, 3.05) is 0 Å². The maximum absolute atomic E-state index is 13.6. The van der Waals surface area contributed by atoms with Gasteiger partial charge >= 0.3 is 6.18 Å². The van der Waals surface area contributed by atoms with Crippen molar-refractivity contribution in [3.05, 3.63) is 194 Å². The molecule has 0 saturated heterocycles. The fourth-order valence-corrected chi connectivity index (χ4v) is 10.4. The molecule has 1 aromatic heterocycles. The van der Waals surface area contributed by atoms with Gasteiger partial charge < -0.3 is 0 Å². The van der Waals surface area contributed by atoms with E-state index in [0.717, 1.165) is 43.8 Å². The summed E-state index contributed by atoms with van der Waals surface area (Å²) in [5, 5.41) is 11.4. The topological polar surface area (TPSA) is 0 Å². The van der Waals surface area contributed by atoms with Gasteiger partial charge in [-0.15, -0.1) is 11.3 Å². The number of thiophene rings is 1. The van der Waals surface area contributed by atoms with Crippen molar-refractivity contribution in [2.24, 2.45) is 0 Å². The molecule has 11 rings (SSSR count). The Balaban J connectivity index is 1.20. The van der Waals surface area contributed by atoms with Crippen LogP contribution in [-0.4, -0.2) is 0 Å². The fourth-order valence-electron chi connectivity index (χ4n) is 9.14. The van der Waals surface area contributed by atoms with E-state index in [2.05, 4.69) is 152 Å². The Morgan fingerprint density at radius 3 is 1.19 bits per heavy atom. The summed E-state index contributed by atoms with van der Waals surface area (Å²) in [6.45, 7) is 0. The van der Waals surface area contributed by atoms with Crippen molar-refractivity contribution >= 4 is 74.6 Å². The van der Waals surface area contributed by atoms with Crippen molar-refractivity contribution in [3.8, 4) is 44.5 Å². The highest BCUT2D eigenvalue weighted by molar-refractivity contribution is 7.26. The molecule has 0 aliphatic rings. The van der Waals surface area contributed by atoms with Gasteiger partial charge in [0, 0.05) is 25.7 Å². The summed E-state index contributed by atoms with van der Waals surface area (Å²) in [5.74, 6) is 0. The third-order valence-corrected chi connectivity index (χ3v) is 12.7. The van der Waals surface area contributed by atoms with Crippen LogP contribution in [0.3, 0.4) is 0 Å². The normalized spacial score (nSPS) is 12.1. The van der Waals surface area contributed by atoms with Crippen molar-refractivity contribution in [3.63, 3.8) is 0 Å². The molecule has 0 radical (unpaired) electrons. The first-order valence-electron chi connectivity index (χ1n) is 19.0. The molecule has 0 aliphatic carbocycles. The Hall–Kier alpha value is -6.75. The number of halogens is 3. The van der Waals surface area contributed by atoms with Crippen molar-refractivity contribution in [1.29, 1.82) is 0 Å². The zero-order valence-electron chi connectivity index (χ0n) is 30.4. The SMILES string of the molecule is FC(F)(F)c1ccc(-c2c3ccccc3c(-c3cccc4c3sc3cccc(-c5c6ccccc6c(-c6ccccc6)c6ccccc56)c34)c3ccccc23)cc1. The van der Waals surface area contributed by atoms with Gasteiger partial charge in [0.05, 0.1) is 5.56 Å². The summed E-state index contributed by atoms with van der Waals surface area (Å²) < 4.78 is 43.3. The second-order valence-corrected chi connectivity index (χ2v) is 15.6. The Labute approximate surface area is 330 Å². The lowest BCUT2D eigenvalue weighted by Gasteiger charge is -2.19. The van der Waals surface area contributed by atoms with Gasteiger partial charge in [0.1, 0.15) is 0 Å². The maximum atomic E-state index is 13.6. The fraction of sp³-hybridized carbons (Fsp3) is 0.0189. The Kier molecular flexibility index (Phi) is 7.60. The van der Waals surface area contributed by atoms with E-state index in [0.29, 0.717) is 0 Å². The monoisotopic (exact) mass is 756 g/mol. The molecule has 0 saturated carbocycles. The standard InChI is InChI=1S/C53H31F3S/c54-53(55,56)34-30-28-33(29-31-34)48-37-18-6-10-22-41(37)50(42-23-11-7-19-38(42)48)44-25-12-26-45-51-43(24-13-27-46(51)57-52(44)45)49-39-20-8-4-16-35(39)47(32-14-2-1-3-15-32)36-17-5-9-21-40(36)49/h1-31H. The summed E-state index contributed by atoms with van der Waals surface area (Å²) in [6.07, 6.45) is -4.40. The van der Waals surface area contributed by atoms with Crippen LogP contribution >= 0.6 is 11.3 Å². The van der Waals surface area contributed by atoms with Gasteiger partial charge in [-0.1, -0.05) is 170 Å². The van der Waals surface area contributed by atoms with Crippen molar-refractivity contribution < 1.29 is 13.2 Å². The number of alkyl halides is 3. The van der Waals surface area contributed by atoms with Crippen LogP contribution in [0.2, 0.25) is 0 Å². The van der Waals surface area contributed by atoms with E-state index < -0.39 is 11.7 Å². The van der Waals surface area contributed by atoms with Crippen molar-refractivity contribution in [2.45, 2.75) is 6.18 Å². The summed E-state index contributed by atoms with van der Waals surface area (Å²) in [4.78, 5) is 0. The smallest absolute Gasteiger partial charge is 0.166 e. The first-order chi connectivity index (χ1) is 28.0. The molecule has 270 valence electrons. The average molecular weight is 757 g/mol. The Bertz CT molecular complexity index is 3260. The van der Waals surface area contributed by atoms with E-state index in [1.165, 1.54) is 76.1 Å². The molecule has 0 spiro atoms. The van der Waals surface area contributed by atoms with E-state index in [1.807, 2.05) is 23.5 Å². The Morgan fingerprint density at radius 2 is 0.702 bits per heavy atom. The van der Waals surface area contributed by atoms with Crippen LogP contribution in [-0.2, 0) is 6.18 Å². The van der Waals surface area contributed by atoms with Crippen molar-refractivity contribution in [1.82, 2.24) is 0 Å². The van der Waals surface area contributed by atoms with Crippen LogP contribution in [0.1, 0.15) is 5.56 Å². The second-order valence-electron chi connectivity index (χ2n) is 14.6. The van der Waals surface area contributed by atoms with E-state index in [4.69, 9.17) is 0 Å². The molecule has 1 heterocycles. The van der Waals surface area contributed by atoms with E-state index in [-0.39, 0.29) is 0 Å². The number of rotatable bonds is 4. The largest absolute Gasteiger partial charge is 0.416 e. The van der Waals surface area contributed by atoms with Crippen LogP contribution in [0.15, 0.2) is 188 Å². The lowest BCUT2D eigenvalue weighted by Crippen LogP contribution is -2.04. The minimum absolute atomic E-state index is 0.652. The number of hydrogen-bond donors (Lipinski definition) is 0. The Morgan fingerprint density at radius 1 is 0.316 bits per heavy atom. The first-order valence-corrected chi connectivity index (χ1v) is 19.8. The van der Waals surface area contributed by atoms with Gasteiger partial charge in [-0.3, -0.25) is 0 Å². The summed E-state index contributed by atoms with van der Waals surface area (Å²) in [6, 6.07) is 63.8. The molecule has 4 heteroatoms. The lowest BCUT2D eigenvalue weighted by atomic mass is 9.84. The molecule has 0 N–H and O–H groups in total. The molecular weight excluding hydrogens is 726 g/mol.